The van der Waals surface area contributed by atoms with Crippen LogP contribution in [-0.4, -0.2) is 24.6 Å². The molecule has 1 aromatic rings. The number of carbonyl (C=O) groups excluding carboxylic acids is 1. The van der Waals surface area contributed by atoms with Gasteiger partial charge in [-0.1, -0.05) is 31.0 Å². The molecule has 1 amide bonds. The van der Waals surface area contributed by atoms with Gasteiger partial charge in [0.05, 0.1) is 6.10 Å². The Morgan fingerprint density at radius 3 is 2.63 bits per heavy atom. The molecule has 3 fully saturated rings. The van der Waals surface area contributed by atoms with Gasteiger partial charge in [0.2, 0.25) is 5.91 Å². The Morgan fingerprint density at radius 2 is 2.00 bits per heavy atom. The van der Waals surface area contributed by atoms with E-state index in [1.54, 1.807) is 7.11 Å². The fraction of sp³-hybridized carbons (Fsp3) is 0.682. The SMILES string of the molecule is COC1CCC2(CC1)Cc1ccc(CCC3CC3)cc1C21NC(S)NC1=O. The van der Waals surface area contributed by atoms with E-state index < -0.39 is 5.54 Å². The van der Waals surface area contributed by atoms with Crippen molar-refractivity contribution in [3.63, 3.8) is 0 Å². The summed E-state index contributed by atoms with van der Waals surface area (Å²) < 4.78 is 5.61. The lowest BCUT2D eigenvalue weighted by molar-refractivity contribution is -0.131. The van der Waals surface area contributed by atoms with E-state index in [0.29, 0.717) is 6.10 Å². The summed E-state index contributed by atoms with van der Waals surface area (Å²) in [6.45, 7) is 0. The molecule has 4 nitrogen and oxygen atoms in total. The number of fused-ring (bicyclic) bond motifs is 3. The van der Waals surface area contributed by atoms with E-state index in [-0.39, 0.29) is 16.8 Å². The van der Waals surface area contributed by atoms with E-state index in [1.165, 1.54) is 36.0 Å². The third kappa shape index (κ3) is 2.77. The summed E-state index contributed by atoms with van der Waals surface area (Å²) >= 11 is 4.57. The van der Waals surface area contributed by atoms with Crippen molar-refractivity contribution in [3.05, 3.63) is 34.9 Å². The quantitative estimate of drug-likeness (QED) is 0.696. The monoisotopic (exact) mass is 386 g/mol. The lowest BCUT2D eigenvalue weighted by atomic mass is 9.61. The molecule has 2 saturated carbocycles. The highest BCUT2D eigenvalue weighted by molar-refractivity contribution is 7.80. The van der Waals surface area contributed by atoms with Crippen LogP contribution in [0.4, 0.5) is 0 Å². The van der Waals surface area contributed by atoms with Crippen LogP contribution in [0.2, 0.25) is 0 Å². The van der Waals surface area contributed by atoms with Crippen LogP contribution in [0.3, 0.4) is 0 Å². The van der Waals surface area contributed by atoms with Crippen LogP contribution < -0.4 is 10.6 Å². The van der Waals surface area contributed by atoms with Crippen molar-refractivity contribution in [2.24, 2.45) is 11.3 Å². The summed E-state index contributed by atoms with van der Waals surface area (Å²) in [6, 6.07) is 6.91. The van der Waals surface area contributed by atoms with E-state index in [9.17, 15) is 4.79 Å². The number of carbonyl (C=O) groups is 1. The van der Waals surface area contributed by atoms with Crippen LogP contribution in [0.5, 0.6) is 0 Å². The Labute approximate surface area is 167 Å². The molecule has 3 aliphatic carbocycles. The number of benzene rings is 1. The van der Waals surface area contributed by atoms with Gasteiger partial charge in [-0.15, -0.1) is 12.6 Å². The number of amides is 1. The van der Waals surface area contributed by atoms with Crippen LogP contribution in [-0.2, 0) is 27.9 Å². The Hall–Kier alpha value is -1.04. The summed E-state index contributed by atoms with van der Waals surface area (Å²) in [7, 11) is 1.80. The van der Waals surface area contributed by atoms with E-state index in [4.69, 9.17) is 4.74 Å². The highest BCUT2D eigenvalue weighted by Gasteiger charge is 2.65. The second kappa shape index (κ2) is 6.50. The van der Waals surface area contributed by atoms with E-state index in [0.717, 1.165) is 44.4 Å². The van der Waals surface area contributed by atoms with Crippen molar-refractivity contribution in [1.29, 1.82) is 0 Å². The highest BCUT2D eigenvalue weighted by atomic mass is 32.1. The van der Waals surface area contributed by atoms with Gasteiger partial charge in [0.15, 0.2) is 0 Å². The van der Waals surface area contributed by atoms with Gasteiger partial charge in [0.25, 0.3) is 0 Å². The number of hydrogen-bond donors (Lipinski definition) is 3. The predicted octanol–water partition coefficient (Wildman–Crippen LogP) is 3.29. The van der Waals surface area contributed by atoms with Crippen molar-refractivity contribution < 1.29 is 9.53 Å². The molecule has 1 aliphatic heterocycles. The smallest absolute Gasteiger partial charge is 0.247 e. The number of aryl methyl sites for hydroxylation is 1. The third-order valence-corrected chi connectivity index (χ3v) is 7.88. The van der Waals surface area contributed by atoms with Crippen LogP contribution in [0.25, 0.3) is 0 Å². The average Bonchev–Trinajstić information content (AvgIpc) is 3.40. The zero-order valence-electron chi connectivity index (χ0n) is 16.1. The Bertz CT molecular complexity index is 755. The molecule has 0 radical (unpaired) electrons. The Kier molecular flexibility index (Phi) is 4.34. The van der Waals surface area contributed by atoms with Crippen LogP contribution in [0, 0.1) is 11.3 Å². The maximum absolute atomic E-state index is 13.3. The molecule has 5 rings (SSSR count). The maximum Gasteiger partial charge on any atom is 0.247 e. The molecule has 0 aromatic heterocycles. The van der Waals surface area contributed by atoms with E-state index in [2.05, 4.69) is 41.5 Å². The van der Waals surface area contributed by atoms with Crippen molar-refractivity contribution in [3.8, 4) is 0 Å². The zero-order valence-corrected chi connectivity index (χ0v) is 17.0. The van der Waals surface area contributed by atoms with E-state index >= 15 is 0 Å². The van der Waals surface area contributed by atoms with Gasteiger partial charge in [-0.3, -0.25) is 10.1 Å². The van der Waals surface area contributed by atoms with Crippen LogP contribution in [0.15, 0.2) is 18.2 Å². The van der Waals surface area contributed by atoms with Gasteiger partial charge < -0.3 is 10.1 Å². The first-order valence-electron chi connectivity index (χ1n) is 10.5. The number of rotatable bonds is 4. The molecule has 2 unspecified atom stereocenters. The van der Waals surface area contributed by atoms with Crippen molar-refractivity contribution in [2.45, 2.75) is 74.9 Å². The molecule has 2 N–H and O–H groups in total. The zero-order chi connectivity index (χ0) is 18.6. The largest absolute Gasteiger partial charge is 0.381 e. The minimum atomic E-state index is -0.636. The number of nitrogens with one attached hydrogen (secondary N) is 2. The van der Waals surface area contributed by atoms with Crippen molar-refractivity contribution in [2.75, 3.05) is 7.11 Å². The first kappa shape index (κ1) is 18.0. The molecule has 1 saturated heterocycles. The van der Waals surface area contributed by atoms with Gasteiger partial charge in [-0.25, -0.2) is 0 Å². The molecule has 4 aliphatic rings. The molecular formula is C22H30N2O2S. The molecular weight excluding hydrogens is 356 g/mol. The first-order chi connectivity index (χ1) is 13.1. The Balaban J connectivity index is 1.53. The second-order valence-electron chi connectivity index (χ2n) is 9.14. The molecule has 1 heterocycles. The molecule has 5 heteroatoms. The molecule has 0 bridgehead atoms. The lowest BCUT2D eigenvalue weighted by Gasteiger charge is -2.46. The Morgan fingerprint density at radius 1 is 1.22 bits per heavy atom. The summed E-state index contributed by atoms with van der Waals surface area (Å²) in [5.41, 5.74) is 2.94. The van der Waals surface area contributed by atoms with Crippen molar-refractivity contribution >= 4 is 18.5 Å². The second-order valence-corrected chi connectivity index (χ2v) is 9.65. The molecule has 2 atom stereocenters. The van der Waals surface area contributed by atoms with Gasteiger partial charge in [-0.05, 0) is 67.6 Å². The molecule has 146 valence electrons. The van der Waals surface area contributed by atoms with Crippen molar-refractivity contribution in [1.82, 2.24) is 10.6 Å². The minimum absolute atomic E-state index is 0.0684. The molecule has 1 aromatic carbocycles. The van der Waals surface area contributed by atoms with Gasteiger partial charge in [-0.2, -0.15) is 0 Å². The fourth-order valence-electron chi connectivity index (χ4n) is 5.91. The molecule has 2 spiro atoms. The topological polar surface area (TPSA) is 50.4 Å². The molecule has 27 heavy (non-hydrogen) atoms. The van der Waals surface area contributed by atoms with Crippen LogP contribution in [0.1, 0.15) is 61.6 Å². The third-order valence-electron chi connectivity index (χ3n) is 7.63. The fourth-order valence-corrected chi connectivity index (χ4v) is 6.22. The summed E-state index contributed by atoms with van der Waals surface area (Å²) in [4.78, 5) is 13.3. The normalized spacial score (nSPS) is 37.8. The summed E-state index contributed by atoms with van der Waals surface area (Å²) in [5.74, 6) is 1.04. The van der Waals surface area contributed by atoms with Gasteiger partial charge in [0.1, 0.15) is 11.0 Å². The number of ether oxygens (including phenoxy) is 1. The summed E-state index contributed by atoms with van der Waals surface area (Å²) in [6.07, 6.45) is 10.6. The standard InChI is InChI=1S/C22H30N2O2S/c1-26-17-8-10-21(11-9-17)13-16-7-6-15(5-4-14-2-3-14)12-18(16)22(21)19(25)23-20(27)24-22/h6-7,12,14,17,20,24,27H,2-5,8-11,13H2,1H3,(H,23,25). The maximum atomic E-state index is 13.3. The highest BCUT2D eigenvalue weighted by Crippen LogP contribution is 2.59. The number of methoxy groups -OCH3 is 1. The first-order valence-corrected chi connectivity index (χ1v) is 11.0. The predicted molar refractivity (Wildman–Crippen MR) is 109 cm³/mol. The van der Waals surface area contributed by atoms with Crippen LogP contribution >= 0.6 is 12.6 Å². The lowest BCUT2D eigenvalue weighted by Crippen LogP contribution is -2.56. The number of thiol groups is 1. The average molecular weight is 387 g/mol. The number of hydrogen-bond acceptors (Lipinski definition) is 4. The van der Waals surface area contributed by atoms with Gasteiger partial charge in [0, 0.05) is 12.5 Å². The van der Waals surface area contributed by atoms with Gasteiger partial charge >= 0.3 is 0 Å². The summed E-state index contributed by atoms with van der Waals surface area (Å²) in [5, 5.41) is 6.65. The van der Waals surface area contributed by atoms with E-state index in [1.807, 2.05) is 0 Å². The minimum Gasteiger partial charge on any atom is -0.381 e.